The maximum absolute atomic E-state index is 6.22. The van der Waals surface area contributed by atoms with Crippen molar-refractivity contribution in [2.24, 2.45) is 0 Å². The first-order chi connectivity index (χ1) is 10.1. The fraction of sp³-hybridized carbons (Fsp3) is 0. The summed E-state index contributed by atoms with van der Waals surface area (Å²) in [7, 11) is 0. The van der Waals surface area contributed by atoms with Crippen LogP contribution >= 0.6 is 39.1 Å². The van der Waals surface area contributed by atoms with Gasteiger partial charge in [-0.1, -0.05) is 35.3 Å². The van der Waals surface area contributed by atoms with Gasteiger partial charge in [-0.25, -0.2) is 4.68 Å². The zero-order valence-electron chi connectivity index (χ0n) is 10.7. The summed E-state index contributed by atoms with van der Waals surface area (Å²) in [5, 5.41) is 5.63. The molecule has 21 heavy (non-hydrogen) atoms. The van der Waals surface area contributed by atoms with Crippen LogP contribution in [0.2, 0.25) is 10.0 Å². The fourth-order valence-corrected chi connectivity index (χ4v) is 3.00. The van der Waals surface area contributed by atoms with Crippen LogP contribution in [0.25, 0.3) is 16.9 Å². The van der Waals surface area contributed by atoms with Gasteiger partial charge in [0.2, 0.25) is 0 Å². The zero-order chi connectivity index (χ0) is 15.0. The second kappa shape index (κ2) is 5.72. The summed E-state index contributed by atoms with van der Waals surface area (Å²) in [6, 6.07) is 13.0. The van der Waals surface area contributed by atoms with E-state index in [4.69, 9.17) is 28.9 Å². The molecule has 3 rings (SSSR count). The van der Waals surface area contributed by atoms with E-state index in [1.54, 1.807) is 23.0 Å². The van der Waals surface area contributed by atoms with E-state index < -0.39 is 0 Å². The predicted octanol–water partition coefficient (Wildman–Crippen LogP) is 5.19. The Bertz CT molecular complexity index is 814. The van der Waals surface area contributed by atoms with Crippen molar-refractivity contribution in [1.82, 2.24) is 9.78 Å². The van der Waals surface area contributed by atoms with Crippen molar-refractivity contribution in [3.63, 3.8) is 0 Å². The number of aromatic nitrogens is 2. The lowest BCUT2D eigenvalue weighted by Gasteiger charge is -2.04. The van der Waals surface area contributed by atoms with Gasteiger partial charge in [0.05, 0.1) is 22.6 Å². The van der Waals surface area contributed by atoms with Crippen LogP contribution in [-0.4, -0.2) is 9.78 Å². The molecule has 1 heterocycles. The molecule has 0 unspecified atom stereocenters. The lowest BCUT2D eigenvalue weighted by molar-refractivity contribution is 0.880. The van der Waals surface area contributed by atoms with E-state index in [1.807, 2.05) is 30.3 Å². The van der Waals surface area contributed by atoms with Crippen LogP contribution in [0.4, 0.5) is 5.69 Å². The fourth-order valence-electron chi connectivity index (χ4n) is 2.04. The molecule has 2 aromatic carbocycles. The molecule has 2 N–H and O–H groups in total. The first-order valence-electron chi connectivity index (χ1n) is 6.12. The van der Waals surface area contributed by atoms with E-state index >= 15 is 0 Å². The topological polar surface area (TPSA) is 43.8 Å². The number of halogens is 3. The highest BCUT2D eigenvalue weighted by Gasteiger charge is 2.14. The standard InChI is InChI=1S/C15H10BrCl2N3/c16-11-3-1-2-4-14(11)21-8-13(19)15(20-21)10-6-5-9(17)7-12(10)18/h1-8H,19H2. The van der Waals surface area contributed by atoms with E-state index in [2.05, 4.69) is 21.0 Å². The second-order valence-corrected chi connectivity index (χ2v) is 6.15. The number of benzene rings is 2. The smallest absolute Gasteiger partial charge is 0.117 e. The van der Waals surface area contributed by atoms with E-state index in [0.29, 0.717) is 21.4 Å². The third-order valence-corrected chi connectivity index (χ3v) is 4.25. The molecule has 0 aliphatic rings. The predicted molar refractivity (Wildman–Crippen MR) is 91.1 cm³/mol. The van der Waals surface area contributed by atoms with Gasteiger partial charge < -0.3 is 5.73 Å². The lowest BCUT2D eigenvalue weighted by Crippen LogP contribution is -1.95. The summed E-state index contributed by atoms with van der Waals surface area (Å²) in [4.78, 5) is 0. The molecule has 0 fully saturated rings. The molecule has 0 bridgehead atoms. The number of nitrogens with two attached hydrogens (primary N) is 1. The number of hydrogen-bond donors (Lipinski definition) is 1. The molecule has 6 heteroatoms. The number of rotatable bonds is 2. The minimum absolute atomic E-state index is 0.520. The highest BCUT2D eigenvalue weighted by Crippen LogP contribution is 2.33. The molecule has 3 nitrogen and oxygen atoms in total. The monoisotopic (exact) mass is 381 g/mol. The Balaban J connectivity index is 2.12. The summed E-state index contributed by atoms with van der Waals surface area (Å²) in [6.45, 7) is 0. The van der Waals surface area contributed by atoms with E-state index in [9.17, 15) is 0 Å². The van der Waals surface area contributed by atoms with E-state index in [0.717, 1.165) is 15.7 Å². The average molecular weight is 383 g/mol. The molecule has 0 saturated heterocycles. The van der Waals surface area contributed by atoms with Gasteiger partial charge in [-0.05, 0) is 46.3 Å². The van der Waals surface area contributed by atoms with Crippen LogP contribution in [0.3, 0.4) is 0 Å². The third kappa shape index (κ3) is 2.79. The molecule has 0 saturated carbocycles. The van der Waals surface area contributed by atoms with Gasteiger partial charge in [0.15, 0.2) is 0 Å². The Morgan fingerprint density at radius 2 is 1.86 bits per heavy atom. The minimum atomic E-state index is 0.520. The van der Waals surface area contributed by atoms with Gasteiger partial charge in [0, 0.05) is 15.1 Å². The summed E-state index contributed by atoms with van der Waals surface area (Å²) in [6.07, 6.45) is 1.76. The van der Waals surface area contributed by atoms with Crippen LogP contribution in [0.5, 0.6) is 0 Å². The largest absolute Gasteiger partial charge is 0.396 e. The minimum Gasteiger partial charge on any atom is -0.396 e. The average Bonchev–Trinajstić information content (AvgIpc) is 2.81. The Morgan fingerprint density at radius 3 is 2.57 bits per heavy atom. The number of anilines is 1. The van der Waals surface area contributed by atoms with Gasteiger partial charge in [0.1, 0.15) is 5.69 Å². The number of hydrogen-bond acceptors (Lipinski definition) is 2. The summed E-state index contributed by atoms with van der Waals surface area (Å²) >= 11 is 15.6. The first kappa shape index (κ1) is 14.4. The zero-order valence-corrected chi connectivity index (χ0v) is 13.8. The lowest BCUT2D eigenvalue weighted by atomic mass is 10.1. The molecule has 1 aromatic heterocycles. The van der Waals surface area contributed by atoms with Crippen LogP contribution in [0, 0.1) is 0 Å². The second-order valence-electron chi connectivity index (χ2n) is 4.45. The van der Waals surface area contributed by atoms with Crippen molar-refractivity contribution in [2.75, 3.05) is 5.73 Å². The molecule has 106 valence electrons. The number of nitrogens with zero attached hydrogens (tertiary/aromatic N) is 2. The van der Waals surface area contributed by atoms with Crippen molar-refractivity contribution in [1.29, 1.82) is 0 Å². The maximum atomic E-state index is 6.22. The Labute approximate surface area is 140 Å². The highest BCUT2D eigenvalue weighted by molar-refractivity contribution is 9.10. The number of para-hydroxylation sites is 1. The summed E-state index contributed by atoms with van der Waals surface area (Å²) in [5.74, 6) is 0. The van der Waals surface area contributed by atoms with Crippen molar-refractivity contribution in [2.45, 2.75) is 0 Å². The summed E-state index contributed by atoms with van der Waals surface area (Å²) < 4.78 is 2.65. The van der Waals surface area contributed by atoms with Gasteiger partial charge in [-0.2, -0.15) is 5.10 Å². The molecule has 0 radical (unpaired) electrons. The SMILES string of the molecule is Nc1cn(-c2ccccc2Br)nc1-c1ccc(Cl)cc1Cl. The van der Waals surface area contributed by atoms with Crippen molar-refractivity contribution < 1.29 is 0 Å². The number of nitrogen functional groups attached to an aromatic ring is 1. The van der Waals surface area contributed by atoms with Crippen LogP contribution in [-0.2, 0) is 0 Å². The third-order valence-electron chi connectivity index (χ3n) is 3.03. The van der Waals surface area contributed by atoms with Crippen LogP contribution in [0.1, 0.15) is 0 Å². The highest BCUT2D eigenvalue weighted by atomic mass is 79.9. The normalized spacial score (nSPS) is 10.8. The quantitative estimate of drug-likeness (QED) is 0.662. The molecule has 3 aromatic rings. The van der Waals surface area contributed by atoms with Gasteiger partial charge in [-0.3, -0.25) is 0 Å². The first-order valence-corrected chi connectivity index (χ1v) is 7.66. The molecule has 0 amide bonds. The molecule has 0 aliphatic heterocycles. The van der Waals surface area contributed by atoms with E-state index in [1.165, 1.54) is 0 Å². The van der Waals surface area contributed by atoms with Crippen molar-refractivity contribution >= 4 is 44.8 Å². The van der Waals surface area contributed by atoms with Crippen molar-refractivity contribution in [3.8, 4) is 16.9 Å². The molecular weight excluding hydrogens is 373 g/mol. The summed E-state index contributed by atoms with van der Waals surface area (Å²) in [5.41, 5.74) is 8.92. The Kier molecular flexibility index (Phi) is 3.93. The maximum Gasteiger partial charge on any atom is 0.117 e. The molecule has 0 atom stereocenters. The molecule has 0 aliphatic carbocycles. The Hall–Kier alpha value is -1.49. The van der Waals surface area contributed by atoms with Gasteiger partial charge in [-0.15, -0.1) is 0 Å². The van der Waals surface area contributed by atoms with Gasteiger partial charge in [0.25, 0.3) is 0 Å². The molecule has 0 spiro atoms. The Morgan fingerprint density at radius 1 is 1.10 bits per heavy atom. The van der Waals surface area contributed by atoms with Crippen molar-refractivity contribution in [3.05, 3.63) is 63.2 Å². The van der Waals surface area contributed by atoms with E-state index in [-0.39, 0.29) is 0 Å². The van der Waals surface area contributed by atoms with Crippen LogP contribution in [0.15, 0.2) is 53.1 Å². The van der Waals surface area contributed by atoms with Crippen LogP contribution < -0.4 is 5.73 Å². The molecular formula is C15H10BrCl2N3. The van der Waals surface area contributed by atoms with Gasteiger partial charge >= 0.3 is 0 Å².